The van der Waals surface area contributed by atoms with E-state index in [1.807, 2.05) is 4.57 Å². The SMILES string of the molecule is CN=C(NCCCC(C)C)NCCCn1nc2n(c1=O)CCCC2. The van der Waals surface area contributed by atoms with Crippen LogP contribution in [0.5, 0.6) is 0 Å². The second-order valence-corrected chi connectivity index (χ2v) is 6.85. The van der Waals surface area contributed by atoms with E-state index in [0.717, 1.165) is 69.4 Å². The number of aromatic nitrogens is 3. The molecule has 0 aromatic carbocycles. The smallest absolute Gasteiger partial charge is 0.345 e. The van der Waals surface area contributed by atoms with Gasteiger partial charge < -0.3 is 10.6 Å². The summed E-state index contributed by atoms with van der Waals surface area (Å²) in [5.41, 5.74) is 0.0425. The van der Waals surface area contributed by atoms with Crippen molar-refractivity contribution in [3.63, 3.8) is 0 Å². The van der Waals surface area contributed by atoms with Crippen LogP contribution in [0, 0.1) is 5.92 Å². The van der Waals surface area contributed by atoms with Gasteiger partial charge in [0.05, 0.1) is 0 Å². The third-order valence-corrected chi connectivity index (χ3v) is 4.34. The van der Waals surface area contributed by atoms with Crippen molar-refractivity contribution in [2.45, 2.75) is 65.5 Å². The highest BCUT2D eigenvalue weighted by Crippen LogP contribution is 2.09. The van der Waals surface area contributed by atoms with E-state index in [2.05, 4.69) is 34.6 Å². The summed E-state index contributed by atoms with van der Waals surface area (Å²) in [6, 6.07) is 0. The molecule has 0 fully saturated rings. The van der Waals surface area contributed by atoms with Crippen molar-refractivity contribution in [2.75, 3.05) is 20.1 Å². The minimum absolute atomic E-state index is 0.0425. The van der Waals surface area contributed by atoms with Crippen LogP contribution in [0.4, 0.5) is 0 Å². The Morgan fingerprint density at radius 1 is 1.25 bits per heavy atom. The highest BCUT2D eigenvalue weighted by Gasteiger charge is 2.16. The maximum Gasteiger partial charge on any atom is 0.345 e. The Hall–Kier alpha value is -1.79. The summed E-state index contributed by atoms with van der Waals surface area (Å²) in [6.07, 6.45) is 6.36. The Kier molecular flexibility index (Phi) is 7.34. The molecule has 0 bridgehead atoms. The zero-order valence-electron chi connectivity index (χ0n) is 15.3. The summed E-state index contributed by atoms with van der Waals surface area (Å²) in [4.78, 5) is 16.5. The van der Waals surface area contributed by atoms with Crippen molar-refractivity contribution in [3.05, 3.63) is 16.3 Å². The van der Waals surface area contributed by atoms with Gasteiger partial charge in [-0.25, -0.2) is 9.48 Å². The first kappa shape index (κ1) is 18.5. The fourth-order valence-corrected chi connectivity index (χ4v) is 2.97. The highest BCUT2D eigenvalue weighted by molar-refractivity contribution is 5.79. The average molecular weight is 336 g/mol. The average Bonchev–Trinajstić information content (AvgIpc) is 2.89. The number of aliphatic imine (C=N–C) groups is 1. The molecule has 0 atom stereocenters. The van der Waals surface area contributed by atoms with Crippen LogP contribution in [0.25, 0.3) is 0 Å². The predicted octanol–water partition coefficient (Wildman–Crippen LogP) is 1.37. The van der Waals surface area contributed by atoms with Crippen LogP contribution in [0.2, 0.25) is 0 Å². The van der Waals surface area contributed by atoms with Gasteiger partial charge in [0.1, 0.15) is 5.82 Å². The third-order valence-electron chi connectivity index (χ3n) is 4.34. The lowest BCUT2D eigenvalue weighted by Gasteiger charge is -2.12. The highest BCUT2D eigenvalue weighted by atomic mass is 16.2. The lowest BCUT2D eigenvalue weighted by molar-refractivity contribution is 0.509. The van der Waals surface area contributed by atoms with E-state index in [9.17, 15) is 4.79 Å². The first-order chi connectivity index (χ1) is 11.6. The fraction of sp³-hybridized carbons (Fsp3) is 0.824. The van der Waals surface area contributed by atoms with Crippen LogP contribution in [-0.2, 0) is 19.5 Å². The van der Waals surface area contributed by atoms with Gasteiger partial charge in [-0.15, -0.1) is 0 Å². The van der Waals surface area contributed by atoms with Crippen molar-refractivity contribution >= 4 is 5.96 Å². The molecule has 2 N–H and O–H groups in total. The number of nitrogens with one attached hydrogen (secondary N) is 2. The van der Waals surface area contributed by atoms with Crippen molar-refractivity contribution in [3.8, 4) is 0 Å². The van der Waals surface area contributed by atoms with E-state index in [-0.39, 0.29) is 5.69 Å². The third kappa shape index (κ3) is 5.39. The van der Waals surface area contributed by atoms with Crippen molar-refractivity contribution in [1.82, 2.24) is 25.0 Å². The molecule has 1 aromatic rings. The van der Waals surface area contributed by atoms with Crippen molar-refractivity contribution in [2.24, 2.45) is 10.9 Å². The number of nitrogens with zero attached hydrogens (tertiary/aromatic N) is 4. The molecule has 2 heterocycles. The topological polar surface area (TPSA) is 76.2 Å². The van der Waals surface area contributed by atoms with E-state index in [1.54, 1.807) is 11.7 Å². The molecule has 2 rings (SSSR count). The molecule has 0 amide bonds. The summed E-state index contributed by atoms with van der Waals surface area (Å²) >= 11 is 0. The summed E-state index contributed by atoms with van der Waals surface area (Å²) < 4.78 is 3.44. The summed E-state index contributed by atoms with van der Waals surface area (Å²) in [7, 11) is 1.78. The Morgan fingerprint density at radius 2 is 2.00 bits per heavy atom. The first-order valence-corrected chi connectivity index (χ1v) is 9.23. The Bertz CT molecular complexity index is 586. The molecule has 0 radical (unpaired) electrons. The molecule has 7 nitrogen and oxygen atoms in total. The summed E-state index contributed by atoms with van der Waals surface area (Å²) in [6.45, 7) is 7.66. The lowest BCUT2D eigenvalue weighted by Crippen LogP contribution is -2.38. The normalized spacial score (nSPS) is 14.8. The number of fused-ring (bicyclic) bond motifs is 1. The molecule has 0 saturated heterocycles. The van der Waals surface area contributed by atoms with Gasteiger partial charge in [-0.1, -0.05) is 13.8 Å². The summed E-state index contributed by atoms with van der Waals surface area (Å²) in [5, 5.41) is 11.1. The van der Waals surface area contributed by atoms with Gasteiger partial charge in [0.25, 0.3) is 0 Å². The maximum atomic E-state index is 12.2. The van der Waals surface area contributed by atoms with Gasteiger partial charge in [0.15, 0.2) is 5.96 Å². The van der Waals surface area contributed by atoms with E-state index in [4.69, 9.17) is 0 Å². The number of aryl methyl sites for hydroxylation is 2. The molecule has 7 heteroatoms. The Morgan fingerprint density at radius 3 is 2.67 bits per heavy atom. The van der Waals surface area contributed by atoms with E-state index >= 15 is 0 Å². The Labute approximate surface area is 144 Å². The zero-order valence-corrected chi connectivity index (χ0v) is 15.3. The number of guanidine groups is 1. The quantitative estimate of drug-likeness (QED) is 0.427. The van der Waals surface area contributed by atoms with Gasteiger partial charge in [-0.3, -0.25) is 9.56 Å². The van der Waals surface area contributed by atoms with Crippen LogP contribution in [0.3, 0.4) is 0 Å². The molecule has 136 valence electrons. The van der Waals surface area contributed by atoms with Crippen LogP contribution < -0.4 is 16.3 Å². The molecule has 24 heavy (non-hydrogen) atoms. The zero-order chi connectivity index (χ0) is 17.4. The molecular formula is C17H32N6O. The number of rotatable bonds is 8. The van der Waals surface area contributed by atoms with E-state index in [1.165, 1.54) is 6.42 Å². The standard InChI is InChI=1S/C17H32N6O/c1-14(2)8-6-10-19-16(18-3)20-11-7-13-23-17(24)22-12-5-4-9-15(22)21-23/h14H,4-13H2,1-3H3,(H2,18,19,20). The van der Waals surface area contributed by atoms with Gasteiger partial charge in [0.2, 0.25) is 0 Å². The fourth-order valence-electron chi connectivity index (χ4n) is 2.97. The first-order valence-electron chi connectivity index (χ1n) is 9.23. The van der Waals surface area contributed by atoms with Crippen LogP contribution in [-0.4, -0.2) is 40.4 Å². The van der Waals surface area contributed by atoms with Crippen LogP contribution in [0.15, 0.2) is 9.79 Å². The van der Waals surface area contributed by atoms with Gasteiger partial charge in [-0.2, -0.15) is 5.10 Å². The van der Waals surface area contributed by atoms with E-state index < -0.39 is 0 Å². The minimum Gasteiger partial charge on any atom is -0.356 e. The second-order valence-electron chi connectivity index (χ2n) is 6.85. The predicted molar refractivity (Wildman–Crippen MR) is 97.5 cm³/mol. The molecule has 0 saturated carbocycles. The maximum absolute atomic E-state index is 12.2. The molecule has 1 aliphatic rings. The molecule has 0 spiro atoms. The largest absolute Gasteiger partial charge is 0.356 e. The lowest BCUT2D eigenvalue weighted by atomic mass is 10.1. The molecule has 0 unspecified atom stereocenters. The Balaban J connectivity index is 1.68. The number of hydrogen-bond donors (Lipinski definition) is 2. The van der Waals surface area contributed by atoms with Crippen molar-refractivity contribution < 1.29 is 0 Å². The van der Waals surface area contributed by atoms with Gasteiger partial charge in [-0.05, 0) is 38.0 Å². The minimum atomic E-state index is 0.0425. The summed E-state index contributed by atoms with van der Waals surface area (Å²) in [5.74, 6) is 2.51. The number of hydrogen-bond acceptors (Lipinski definition) is 3. The molecule has 1 aromatic heterocycles. The molecule has 0 aliphatic carbocycles. The van der Waals surface area contributed by atoms with Crippen LogP contribution >= 0.6 is 0 Å². The van der Waals surface area contributed by atoms with Crippen molar-refractivity contribution in [1.29, 1.82) is 0 Å². The monoisotopic (exact) mass is 336 g/mol. The second kappa shape index (κ2) is 9.49. The molecular weight excluding hydrogens is 304 g/mol. The van der Waals surface area contributed by atoms with Crippen LogP contribution in [0.1, 0.15) is 51.8 Å². The van der Waals surface area contributed by atoms with E-state index in [0.29, 0.717) is 6.54 Å². The van der Waals surface area contributed by atoms with Gasteiger partial charge in [0, 0.05) is 39.6 Å². The molecule has 1 aliphatic heterocycles. The van der Waals surface area contributed by atoms with Gasteiger partial charge >= 0.3 is 5.69 Å².